The number of fused-ring (bicyclic) bond motifs is 2. The number of nitrogens with one attached hydrogen (secondary N) is 2. The third-order valence-electron chi connectivity index (χ3n) is 5.46. The number of H-pyrrole nitrogens is 1. The molecule has 162 valence electrons. The van der Waals surface area contributed by atoms with Gasteiger partial charge in [-0.15, -0.1) is 12.4 Å². The number of benzene rings is 2. The fourth-order valence-corrected chi connectivity index (χ4v) is 3.94. The molecule has 1 aromatic heterocycles. The maximum atomic E-state index is 13.9. The number of hydrogen-bond acceptors (Lipinski definition) is 6. The molecule has 3 heterocycles. The molecule has 0 amide bonds. The summed E-state index contributed by atoms with van der Waals surface area (Å²) in [6, 6.07) is 11.9. The van der Waals surface area contributed by atoms with E-state index in [1.807, 2.05) is 24.3 Å². The summed E-state index contributed by atoms with van der Waals surface area (Å²) >= 11 is 0. The third-order valence-corrected chi connectivity index (χ3v) is 5.46. The molecule has 0 bridgehead atoms. The maximum Gasteiger partial charge on any atom is 0.199 e. The lowest BCUT2D eigenvalue weighted by molar-refractivity contribution is 0.106. The Bertz CT molecular complexity index is 1150. The van der Waals surface area contributed by atoms with Gasteiger partial charge < -0.3 is 20.2 Å². The fourth-order valence-electron chi connectivity index (χ4n) is 3.94. The lowest BCUT2D eigenvalue weighted by Gasteiger charge is -2.26. The molecule has 0 unspecified atom stereocenters. The smallest absolute Gasteiger partial charge is 0.199 e. The van der Waals surface area contributed by atoms with Crippen molar-refractivity contribution in [2.24, 2.45) is 10.1 Å². The Labute approximate surface area is 185 Å². The van der Waals surface area contributed by atoms with Crippen molar-refractivity contribution in [2.75, 3.05) is 39.3 Å². The van der Waals surface area contributed by atoms with Gasteiger partial charge in [-0.25, -0.2) is 9.38 Å². The molecule has 0 atom stereocenters. The largest absolute Gasteiger partial charge is 0.494 e. The van der Waals surface area contributed by atoms with Gasteiger partial charge in [0.1, 0.15) is 23.8 Å². The zero-order chi connectivity index (χ0) is 20.5. The monoisotopic (exact) mass is 443 g/mol. The number of aromatic nitrogens is 1. The average Bonchev–Trinajstić information content (AvgIpc) is 3.28. The van der Waals surface area contributed by atoms with Crippen molar-refractivity contribution < 1.29 is 14.3 Å². The zero-order valence-electron chi connectivity index (χ0n) is 16.8. The van der Waals surface area contributed by atoms with Gasteiger partial charge in [0.05, 0.1) is 11.3 Å². The van der Waals surface area contributed by atoms with E-state index in [-0.39, 0.29) is 24.1 Å². The van der Waals surface area contributed by atoms with E-state index in [2.05, 4.69) is 25.3 Å². The first-order valence-electron chi connectivity index (χ1n) is 10.0. The molecule has 1 saturated heterocycles. The summed E-state index contributed by atoms with van der Waals surface area (Å²) in [6.07, 6.45) is 0. The number of nitrogens with zero attached hydrogens (tertiary/aromatic N) is 3. The van der Waals surface area contributed by atoms with E-state index in [0.717, 1.165) is 44.0 Å². The highest BCUT2D eigenvalue weighted by Gasteiger charge is 2.29. The van der Waals surface area contributed by atoms with Gasteiger partial charge in [0.2, 0.25) is 0 Å². The molecule has 1 fully saturated rings. The number of aliphatic imine (C=N–C) groups is 1. The highest BCUT2D eigenvalue weighted by Crippen LogP contribution is 2.35. The van der Waals surface area contributed by atoms with Crippen molar-refractivity contribution in [1.29, 1.82) is 0 Å². The van der Waals surface area contributed by atoms with Crippen LogP contribution in [0.1, 0.15) is 11.1 Å². The predicted molar refractivity (Wildman–Crippen MR) is 122 cm³/mol. The first-order chi connectivity index (χ1) is 14.7. The SMILES string of the molecule is Cl.Oc1[nH]c2ccc(F)cc2c1C1=Nc2ccccc2/C1=N\OCCN1CCNCC1. The van der Waals surface area contributed by atoms with Crippen molar-refractivity contribution >= 4 is 40.4 Å². The molecular formula is C22H23ClFN5O2. The quantitative estimate of drug-likeness (QED) is 0.417. The van der Waals surface area contributed by atoms with Crippen LogP contribution in [-0.4, -0.2) is 65.7 Å². The highest BCUT2D eigenvalue weighted by atomic mass is 35.5. The predicted octanol–water partition coefficient (Wildman–Crippen LogP) is 3.19. The minimum absolute atomic E-state index is 0. The molecule has 0 spiro atoms. The van der Waals surface area contributed by atoms with E-state index in [1.54, 1.807) is 6.07 Å². The van der Waals surface area contributed by atoms with Crippen LogP contribution < -0.4 is 5.32 Å². The van der Waals surface area contributed by atoms with Gasteiger partial charge in [-0.3, -0.25) is 4.90 Å². The van der Waals surface area contributed by atoms with E-state index < -0.39 is 0 Å². The van der Waals surface area contributed by atoms with Crippen LogP contribution in [0.4, 0.5) is 10.1 Å². The lowest BCUT2D eigenvalue weighted by Crippen LogP contribution is -2.44. The minimum atomic E-state index is -0.385. The summed E-state index contributed by atoms with van der Waals surface area (Å²) in [5, 5.41) is 18.8. The molecule has 3 aromatic rings. The molecule has 9 heteroatoms. The molecule has 0 saturated carbocycles. The Morgan fingerprint density at radius 2 is 1.97 bits per heavy atom. The number of halogens is 2. The number of hydrogen-bond donors (Lipinski definition) is 3. The van der Waals surface area contributed by atoms with Crippen LogP contribution in [0.5, 0.6) is 5.88 Å². The van der Waals surface area contributed by atoms with Crippen LogP contribution >= 0.6 is 12.4 Å². The van der Waals surface area contributed by atoms with E-state index in [4.69, 9.17) is 4.84 Å². The maximum absolute atomic E-state index is 13.9. The van der Waals surface area contributed by atoms with Crippen molar-refractivity contribution in [2.45, 2.75) is 0 Å². The summed E-state index contributed by atoms with van der Waals surface area (Å²) in [5.74, 6) is -0.458. The van der Waals surface area contributed by atoms with E-state index >= 15 is 0 Å². The van der Waals surface area contributed by atoms with Gasteiger partial charge in [-0.05, 0) is 24.3 Å². The van der Waals surface area contributed by atoms with Crippen LogP contribution in [-0.2, 0) is 4.84 Å². The summed E-state index contributed by atoms with van der Waals surface area (Å²) < 4.78 is 13.9. The van der Waals surface area contributed by atoms with Crippen molar-refractivity contribution in [3.8, 4) is 5.88 Å². The van der Waals surface area contributed by atoms with Gasteiger partial charge >= 0.3 is 0 Å². The molecule has 2 aromatic carbocycles. The Hall–Kier alpha value is -2.94. The Morgan fingerprint density at radius 1 is 1.16 bits per heavy atom. The number of aromatic amines is 1. The number of para-hydroxylation sites is 1. The van der Waals surface area contributed by atoms with Crippen LogP contribution in [0.15, 0.2) is 52.6 Å². The standard InChI is InChI=1S/C22H22FN5O2.ClH/c23-14-5-6-18-16(13-14)19(22(29)26-18)21-20(15-3-1-2-4-17(15)25-21)27-30-12-11-28-9-7-24-8-10-28;/h1-6,13,24,26,29H,7-12H2;1H/b27-20+;. The van der Waals surface area contributed by atoms with Gasteiger partial charge in [-0.1, -0.05) is 23.4 Å². The summed E-state index contributed by atoms with van der Waals surface area (Å²) in [4.78, 5) is 15.5. The lowest BCUT2D eigenvalue weighted by atomic mass is 10.0. The first-order valence-corrected chi connectivity index (χ1v) is 10.0. The molecule has 31 heavy (non-hydrogen) atoms. The molecule has 2 aliphatic rings. The van der Waals surface area contributed by atoms with E-state index in [9.17, 15) is 9.50 Å². The van der Waals surface area contributed by atoms with Crippen LogP contribution in [0, 0.1) is 5.82 Å². The summed E-state index contributed by atoms with van der Waals surface area (Å²) in [5.41, 5.74) is 3.60. The second kappa shape index (κ2) is 9.05. The number of piperazine rings is 1. The molecule has 3 N–H and O–H groups in total. The topological polar surface area (TPSA) is 85.2 Å². The van der Waals surface area contributed by atoms with Crippen LogP contribution in [0.25, 0.3) is 10.9 Å². The number of rotatable bonds is 5. The second-order valence-electron chi connectivity index (χ2n) is 7.38. The summed E-state index contributed by atoms with van der Waals surface area (Å²) in [7, 11) is 0. The van der Waals surface area contributed by atoms with Crippen molar-refractivity contribution in [1.82, 2.24) is 15.2 Å². The van der Waals surface area contributed by atoms with Gasteiger partial charge in [0.25, 0.3) is 0 Å². The van der Waals surface area contributed by atoms with Crippen LogP contribution in [0.3, 0.4) is 0 Å². The van der Waals surface area contributed by atoms with Gasteiger partial charge in [0.15, 0.2) is 5.88 Å². The molecule has 5 rings (SSSR count). The Balaban J connectivity index is 0.00000231. The molecular weight excluding hydrogens is 421 g/mol. The minimum Gasteiger partial charge on any atom is -0.494 e. The van der Waals surface area contributed by atoms with Gasteiger partial charge in [0, 0.05) is 49.2 Å². The van der Waals surface area contributed by atoms with Crippen molar-refractivity contribution in [3.63, 3.8) is 0 Å². The highest BCUT2D eigenvalue weighted by molar-refractivity contribution is 6.58. The normalized spacial score (nSPS) is 17.5. The Kier molecular flexibility index (Phi) is 6.22. The van der Waals surface area contributed by atoms with E-state index in [1.165, 1.54) is 12.1 Å². The first kappa shape index (κ1) is 21.3. The Morgan fingerprint density at radius 3 is 2.81 bits per heavy atom. The second-order valence-corrected chi connectivity index (χ2v) is 7.38. The van der Waals surface area contributed by atoms with Crippen LogP contribution in [0.2, 0.25) is 0 Å². The van der Waals surface area contributed by atoms with Gasteiger partial charge in [-0.2, -0.15) is 0 Å². The number of aromatic hydroxyl groups is 1. The molecule has 0 radical (unpaired) electrons. The molecule has 7 nitrogen and oxygen atoms in total. The number of oxime groups is 1. The third kappa shape index (κ3) is 4.14. The molecule has 2 aliphatic heterocycles. The molecule has 0 aliphatic carbocycles. The van der Waals surface area contributed by atoms with E-state index in [0.29, 0.717) is 34.5 Å². The van der Waals surface area contributed by atoms with Crippen molar-refractivity contribution in [3.05, 3.63) is 59.4 Å². The average molecular weight is 444 g/mol. The zero-order valence-corrected chi connectivity index (χ0v) is 17.6. The fraction of sp³-hybridized carbons (Fsp3) is 0.273. The summed E-state index contributed by atoms with van der Waals surface area (Å²) in [6.45, 7) is 5.18.